The van der Waals surface area contributed by atoms with Crippen LogP contribution in [0, 0.1) is 5.92 Å². The zero-order valence-corrected chi connectivity index (χ0v) is 10.1. The Hall–Kier alpha value is -0.810. The van der Waals surface area contributed by atoms with E-state index >= 15 is 0 Å². The van der Waals surface area contributed by atoms with Crippen molar-refractivity contribution in [3.8, 4) is 0 Å². The average Bonchev–Trinajstić information content (AvgIpc) is 2.34. The molecule has 0 spiro atoms. The van der Waals surface area contributed by atoms with Crippen LogP contribution in [0.4, 0.5) is 0 Å². The first-order chi connectivity index (χ1) is 7.77. The minimum atomic E-state index is 0.248. The van der Waals surface area contributed by atoms with Crippen molar-refractivity contribution in [3.05, 3.63) is 0 Å². The molecule has 0 aromatic carbocycles. The third-order valence-electron chi connectivity index (χ3n) is 3.02. The summed E-state index contributed by atoms with van der Waals surface area (Å²) in [6.45, 7) is 6.78. The third-order valence-corrected chi connectivity index (χ3v) is 3.02. The number of piperidine rings is 1. The van der Waals surface area contributed by atoms with Gasteiger partial charge in [0.2, 0.25) is 0 Å². The van der Waals surface area contributed by atoms with Gasteiger partial charge < -0.3 is 20.6 Å². The molecular formula is C11H23N3O2. The van der Waals surface area contributed by atoms with Crippen molar-refractivity contribution in [1.29, 1.82) is 0 Å². The summed E-state index contributed by atoms with van der Waals surface area (Å²) in [4.78, 5) is 2.37. The number of oxime groups is 1. The summed E-state index contributed by atoms with van der Waals surface area (Å²) in [5.41, 5.74) is 5.59. The Morgan fingerprint density at radius 2 is 2.12 bits per heavy atom. The first-order valence-electron chi connectivity index (χ1n) is 6.05. The SMILES string of the molecule is CCCOCCN1CCC(C(N)=NO)CC1. The van der Waals surface area contributed by atoms with Gasteiger partial charge in [-0.25, -0.2) is 0 Å². The van der Waals surface area contributed by atoms with E-state index in [1.54, 1.807) is 0 Å². The summed E-state index contributed by atoms with van der Waals surface area (Å²) >= 11 is 0. The minimum absolute atomic E-state index is 0.248. The summed E-state index contributed by atoms with van der Waals surface area (Å²) in [6.07, 6.45) is 3.03. The fourth-order valence-corrected chi connectivity index (χ4v) is 1.97. The number of hydrogen-bond acceptors (Lipinski definition) is 4. The van der Waals surface area contributed by atoms with E-state index < -0.39 is 0 Å². The van der Waals surface area contributed by atoms with Crippen LogP contribution < -0.4 is 5.73 Å². The normalized spacial score (nSPS) is 20.2. The maximum absolute atomic E-state index is 8.58. The molecule has 0 unspecified atom stereocenters. The van der Waals surface area contributed by atoms with Crippen LogP contribution in [-0.2, 0) is 4.74 Å². The molecule has 0 amide bonds. The number of hydrogen-bond donors (Lipinski definition) is 2. The standard InChI is InChI=1S/C11H23N3O2/c1-2-8-16-9-7-14-5-3-10(4-6-14)11(12)13-15/h10,15H,2-9H2,1H3,(H2,12,13). The molecule has 0 radical (unpaired) electrons. The molecule has 0 bridgehead atoms. The predicted molar refractivity (Wildman–Crippen MR) is 63.7 cm³/mol. The molecule has 0 aromatic heterocycles. The Morgan fingerprint density at radius 3 is 2.69 bits per heavy atom. The van der Waals surface area contributed by atoms with Crippen molar-refractivity contribution in [1.82, 2.24) is 4.90 Å². The van der Waals surface area contributed by atoms with E-state index in [4.69, 9.17) is 15.7 Å². The molecular weight excluding hydrogens is 206 g/mol. The van der Waals surface area contributed by atoms with Gasteiger partial charge in [-0.3, -0.25) is 0 Å². The Kier molecular flexibility index (Phi) is 6.18. The van der Waals surface area contributed by atoms with Crippen LogP contribution in [0.3, 0.4) is 0 Å². The third kappa shape index (κ3) is 4.37. The van der Waals surface area contributed by atoms with Crippen LogP contribution in [0.2, 0.25) is 0 Å². The van der Waals surface area contributed by atoms with Crippen LogP contribution in [0.15, 0.2) is 5.16 Å². The number of ether oxygens (including phenoxy) is 1. The highest BCUT2D eigenvalue weighted by molar-refractivity contribution is 5.82. The van der Waals surface area contributed by atoms with E-state index in [0.717, 1.165) is 52.1 Å². The Labute approximate surface area is 97.2 Å². The smallest absolute Gasteiger partial charge is 0.142 e. The predicted octanol–water partition coefficient (Wildman–Crippen LogP) is 0.871. The van der Waals surface area contributed by atoms with Crippen molar-refractivity contribution >= 4 is 5.84 Å². The number of rotatable bonds is 6. The molecule has 1 rings (SSSR count). The second kappa shape index (κ2) is 7.46. The zero-order chi connectivity index (χ0) is 11.8. The largest absolute Gasteiger partial charge is 0.409 e. The van der Waals surface area contributed by atoms with Crippen molar-refractivity contribution in [2.45, 2.75) is 26.2 Å². The van der Waals surface area contributed by atoms with Crippen molar-refractivity contribution in [3.63, 3.8) is 0 Å². The Balaban J connectivity index is 2.12. The van der Waals surface area contributed by atoms with Gasteiger partial charge in [-0.2, -0.15) is 0 Å². The zero-order valence-electron chi connectivity index (χ0n) is 10.1. The van der Waals surface area contributed by atoms with Crippen LogP contribution >= 0.6 is 0 Å². The highest BCUT2D eigenvalue weighted by atomic mass is 16.5. The maximum atomic E-state index is 8.58. The topological polar surface area (TPSA) is 71.1 Å². The fraction of sp³-hybridized carbons (Fsp3) is 0.909. The summed E-state index contributed by atoms with van der Waals surface area (Å²) in [7, 11) is 0. The van der Waals surface area contributed by atoms with Crippen LogP contribution in [0.1, 0.15) is 26.2 Å². The summed E-state index contributed by atoms with van der Waals surface area (Å²) in [6, 6.07) is 0. The van der Waals surface area contributed by atoms with Gasteiger partial charge >= 0.3 is 0 Å². The van der Waals surface area contributed by atoms with Gasteiger partial charge in [0.15, 0.2) is 0 Å². The minimum Gasteiger partial charge on any atom is -0.409 e. The molecule has 16 heavy (non-hydrogen) atoms. The molecule has 94 valence electrons. The fourth-order valence-electron chi connectivity index (χ4n) is 1.97. The lowest BCUT2D eigenvalue weighted by Crippen LogP contribution is -2.40. The van der Waals surface area contributed by atoms with Crippen LogP contribution in [-0.4, -0.2) is 48.8 Å². The maximum Gasteiger partial charge on any atom is 0.142 e. The number of nitrogens with two attached hydrogens (primary N) is 1. The summed E-state index contributed by atoms with van der Waals surface area (Å²) < 4.78 is 5.45. The lowest BCUT2D eigenvalue weighted by atomic mass is 9.96. The van der Waals surface area contributed by atoms with E-state index in [1.165, 1.54) is 0 Å². The lowest BCUT2D eigenvalue weighted by molar-refractivity contribution is 0.0932. The number of likely N-dealkylation sites (tertiary alicyclic amines) is 1. The highest BCUT2D eigenvalue weighted by Crippen LogP contribution is 2.16. The molecule has 1 aliphatic heterocycles. The van der Waals surface area contributed by atoms with Crippen LogP contribution in [0.25, 0.3) is 0 Å². The molecule has 3 N–H and O–H groups in total. The molecule has 5 heteroatoms. The second-order valence-electron chi connectivity index (χ2n) is 4.25. The van der Waals surface area contributed by atoms with Gasteiger partial charge in [-0.15, -0.1) is 0 Å². The van der Waals surface area contributed by atoms with Crippen molar-refractivity contribution in [2.75, 3.05) is 32.8 Å². The Morgan fingerprint density at radius 1 is 1.44 bits per heavy atom. The number of nitrogens with zero attached hydrogens (tertiary/aromatic N) is 2. The molecule has 1 saturated heterocycles. The molecule has 0 saturated carbocycles. The Bertz CT molecular complexity index is 213. The van der Waals surface area contributed by atoms with E-state index in [1.807, 2.05) is 0 Å². The van der Waals surface area contributed by atoms with E-state index in [9.17, 15) is 0 Å². The van der Waals surface area contributed by atoms with Gasteiger partial charge in [-0.05, 0) is 32.4 Å². The lowest BCUT2D eigenvalue weighted by Gasteiger charge is -2.31. The number of amidine groups is 1. The monoisotopic (exact) mass is 229 g/mol. The van der Waals surface area contributed by atoms with Crippen LogP contribution in [0.5, 0.6) is 0 Å². The molecule has 1 heterocycles. The van der Waals surface area contributed by atoms with Gasteiger partial charge in [0.05, 0.1) is 6.61 Å². The molecule has 1 aliphatic rings. The molecule has 0 aliphatic carbocycles. The average molecular weight is 229 g/mol. The highest BCUT2D eigenvalue weighted by Gasteiger charge is 2.21. The van der Waals surface area contributed by atoms with Gasteiger partial charge in [0, 0.05) is 19.1 Å². The first kappa shape index (κ1) is 13.3. The van der Waals surface area contributed by atoms with E-state index in [-0.39, 0.29) is 5.92 Å². The first-order valence-corrected chi connectivity index (χ1v) is 6.05. The van der Waals surface area contributed by atoms with Gasteiger partial charge in [-0.1, -0.05) is 12.1 Å². The van der Waals surface area contributed by atoms with Gasteiger partial charge in [0.1, 0.15) is 5.84 Å². The second-order valence-corrected chi connectivity index (χ2v) is 4.25. The summed E-state index contributed by atoms with van der Waals surface area (Å²) in [5, 5.41) is 11.7. The molecule has 0 atom stereocenters. The van der Waals surface area contributed by atoms with Gasteiger partial charge in [0.25, 0.3) is 0 Å². The quantitative estimate of drug-likeness (QED) is 0.233. The van der Waals surface area contributed by atoms with Crippen molar-refractivity contribution < 1.29 is 9.94 Å². The van der Waals surface area contributed by atoms with E-state index in [0.29, 0.717) is 5.84 Å². The van der Waals surface area contributed by atoms with E-state index in [2.05, 4.69) is 17.0 Å². The summed E-state index contributed by atoms with van der Waals surface area (Å²) in [5.74, 6) is 0.625. The molecule has 0 aromatic rings. The molecule has 1 fully saturated rings. The molecule has 5 nitrogen and oxygen atoms in total. The van der Waals surface area contributed by atoms with Crippen molar-refractivity contribution in [2.24, 2.45) is 16.8 Å².